The van der Waals surface area contributed by atoms with Gasteiger partial charge in [0.2, 0.25) is 0 Å². The van der Waals surface area contributed by atoms with Crippen LogP contribution in [-0.2, 0) is 0 Å². The number of nitrogens with zero attached hydrogens (tertiary/aromatic N) is 2. The molecule has 98 valence electrons. The number of carbonyl (C=O) groups is 2. The molecule has 1 saturated carbocycles. The molecule has 2 saturated heterocycles. The number of carbonyl (C=O) groups excluding carboxylic acids is 2. The first-order valence-corrected chi connectivity index (χ1v) is 6.61. The molecule has 3 heterocycles. The van der Waals surface area contributed by atoms with Crippen molar-refractivity contribution >= 4 is 11.8 Å². The van der Waals surface area contributed by atoms with Crippen LogP contribution in [0.5, 0.6) is 0 Å². The number of nitrogens with two attached hydrogens (primary N) is 1. The predicted molar refractivity (Wildman–Crippen MR) is 68.4 cm³/mol. The monoisotopic (exact) mass is 257 g/mol. The lowest BCUT2D eigenvalue weighted by Gasteiger charge is -2.34. The molecule has 0 radical (unpaired) electrons. The van der Waals surface area contributed by atoms with Gasteiger partial charge in [-0.25, -0.2) is 0 Å². The second-order valence-electron chi connectivity index (χ2n) is 5.64. The molecule has 3 fully saturated rings. The van der Waals surface area contributed by atoms with Gasteiger partial charge >= 0.3 is 0 Å². The van der Waals surface area contributed by atoms with E-state index in [9.17, 15) is 9.59 Å². The molecule has 4 aliphatic rings. The molecule has 5 nitrogen and oxygen atoms in total. The molecule has 0 spiro atoms. The lowest BCUT2D eigenvalue weighted by atomic mass is 9.81. The molecule has 2 bridgehead atoms. The summed E-state index contributed by atoms with van der Waals surface area (Å²) in [5.41, 5.74) is 7.05. The Morgan fingerprint density at radius 2 is 1.79 bits per heavy atom. The van der Waals surface area contributed by atoms with Gasteiger partial charge in [0.15, 0.2) is 0 Å². The average molecular weight is 257 g/mol. The maximum absolute atomic E-state index is 12.2. The van der Waals surface area contributed by atoms with E-state index in [1.165, 1.54) is 4.90 Å². The molecule has 1 aromatic carbocycles. The highest BCUT2D eigenvalue weighted by atomic mass is 16.2. The van der Waals surface area contributed by atoms with Crippen molar-refractivity contribution in [1.82, 2.24) is 9.80 Å². The number of benzene rings is 1. The quantitative estimate of drug-likeness (QED) is 0.772. The Morgan fingerprint density at radius 1 is 1.16 bits per heavy atom. The summed E-state index contributed by atoms with van der Waals surface area (Å²) in [7, 11) is 0. The van der Waals surface area contributed by atoms with Crippen LogP contribution in [0.4, 0.5) is 0 Å². The van der Waals surface area contributed by atoms with Crippen LogP contribution in [0.15, 0.2) is 24.3 Å². The molecule has 3 unspecified atom stereocenters. The number of fused-ring (bicyclic) bond motifs is 2. The fourth-order valence-corrected chi connectivity index (χ4v) is 3.48. The third-order valence-corrected chi connectivity index (χ3v) is 4.67. The fraction of sp³-hybridized carbons (Fsp3) is 0.429. The molecule has 1 aromatic rings. The van der Waals surface area contributed by atoms with Crippen LogP contribution in [0, 0.1) is 5.92 Å². The number of rotatable bonds is 2. The molecular weight excluding hydrogens is 242 g/mol. The summed E-state index contributed by atoms with van der Waals surface area (Å²) in [4.78, 5) is 28.0. The zero-order valence-electron chi connectivity index (χ0n) is 10.5. The zero-order valence-corrected chi connectivity index (χ0v) is 10.5. The first-order chi connectivity index (χ1) is 9.16. The maximum atomic E-state index is 12.2. The van der Waals surface area contributed by atoms with Crippen LogP contribution in [0.2, 0.25) is 0 Å². The minimum absolute atomic E-state index is 0.182. The lowest BCUT2D eigenvalue weighted by Crippen LogP contribution is -2.51. The van der Waals surface area contributed by atoms with Gasteiger partial charge in [-0.1, -0.05) is 12.1 Å². The minimum Gasteiger partial charge on any atom is -0.326 e. The van der Waals surface area contributed by atoms with Gasteiger partial charge < -0.3 is 5.73 Å². The smallest absolute Gasteiger partial charge is 0.262 e. The van der Waals surface area contributed by atoms with E-state index in [1.807, 2.05) is 0 Å². The van der Waals surface area contributed by atoms with Gasteiger partial charge in [0.05, 0.1) is 17.8 Å². The molecule has 0 aromatic heterocycles. The van der Waals surface area contributed by atoms with E-state index in [1.54, 1.807) is 24.3 Å². The standard InChI is InChI=1S/C14H15N3O2/c15-12-8-5-11(12)16(6-8)7-17-13(18)9-3-1-2-4-10(9)14(17)19/h1-4,8,11-12H,5-7,15H2. The number of amides is 2. The third-order valence-electron chi connectivity index (χ3n) is 4.67. The summed E-state index contributed by atoms with van der Waals surface area (Å²) in [5.74, 6) is 0.178. The number of hydrogen-bond acceptors (Lipinski definition) is 4. The highest BCUT2D eigenvalue weighted by molar-refractivity contribution is 6.21. The molecule has 2 amide bonds. The first-order valence-electron chi connectivity index (χ1n) is 6.61. The van der Waals surface area contributed by atoms with Crippen LogP contribution >= 0.6 is 0 Å². The molecule has 1 aliphatic carbocycles. The highest BCUT2D eigenvalue weighted by Crippen LogP contribution is 2.40. The van der Waals surface area contributed by atoms with Crippen molar-refractivity contribution in [3.05, 3.63) is 35.4 Å². The van der Waals surface area contributed by atoms with Crippen molar-refractivity contribution in [2.24, 2.45) is 11.7 Å². The van der Waals surface area contributed by atoms with Gasteiger partial charge in [0, 0.05) is 18.6 Å². The van der Waals surface area contributed by atoms with Gasteiger partial charge in [0.25, 0.3) is 11.8 Å². The van der Waals surface area contributed by atoms with Gasteiger partial charge in [0.1, 0.15) is 0 Å². The van der Waals surface area contributed by atoms with Crippen LogP contribution in [0.3, 0.4) is 0 Å². The molecule has 3 atom stereocenters. The SMILES string of the molecule is NC1C2CC1N(CN1C(=O)c3ccccc3C1=O)C2. The van der Waals surface area contributed by atoms with E-state index < -0.39 is 0 Å². The van der Waals surface area contributed by atoms with Gasteiger partial charge in [-0.3, -0.25) is 19.4 Å². The Kier molecular flexibility index (Phi) is 2.14. The average Bonchev–Trinajstić information content (AvgIpc) is 3.06. The number of imide groups is 1. The predicted octanol–water partition coefficient (Wildman–Crippen LogP) is 0.271. The minimum atomic E-state index is -0.182. The summed E-state index contributed by atoms with van der Waals surface area (Å²) in [6, 6.07) is 7.56. The van der Waals surface area contributed by atoms with Crippen LogP contribution < -0.4 is 5.73 Å². The van der Waals surface area contributed by atoms with Crippen molar-refractivity contribution in [2.75, 3.05) is 13.2 Å². The highest BCUT2D eigenvalue weighted by Gasteiger charge is 2.51. The topological polar surface area (TPSA) is 66.6 Å². The summed E-state index contributed by atoms with van der Waals surface area (Å²) < 4.78 is 0. The van der Waals surface area contributed by atoms with Crippen molar-refractivity contribution in [3.8, 4) is 0 Å². The van der Waals surface area contributed by atoms with E-state index in [2.05, 4.69) is 4.90 Å². The summed E-state index contributed by atoms with van der Waals surface area (Å²) in [6.07, 6.45) is 1.10. The van der Waals surface area contributed by atoms with E-state index in [0.717, 1.165) is 13.0 Å². The van der Waals surface area contributed by atoms with E-state index in [4.69, 9.17) is 5.73 Å². The fourth-order valence-electron chi connectivity index (χ4n) is 3.48. The Hall–Kier alpha value is -1.72. The number of hydrogen-bond donors (Lipinski definition) is 1. The lowest BCUT2D eigenvalue weighted by molar-refractivity contribution is 0.0530. The summed E-state index contributed by atoms with van der Waals surface area (Å²) in [5, 5.41) is 0. The van der Waals surface area contributed by atoms with Crippen LogP contribution in [-0.4, -0.2) is 46.9 Å². The van der Waals surface area contributed by atoms with Crippen molar-refractivity contribution in [1.29, 1.82) is 0 Å². The van der Waals surface area contributed by atoms with E-state index in [0.29, 0.717) is 29.8 Å². The Bertz CT molecular complexity index is 551. The molecule has 3 aliphatic heterocycles. The van der Waals surface area contributed by atoms with Crippen molar-refractivity contribution in [3.63, 3.8) is 0 Å². The van der Waals surface area contributed by atoms with Crippen molar-refractivity contribution in [2.45, 2.75) is 18.5 Å². The van der Waals surface area contributed by atoms with Gasteiger partial charge in [-0.05, 0) is 24.5 Å². The second-order valence-corrected chi connectivity index (χ2v) is 5.64. The molecule has 5 rings (SSSR count). The maximum Gasteiger partial charge on any atom is 0.262 e. The van der Waals surface area contributed by atoms with Crippen LogP contribution in [0.25, 0.3) is 0 Å². The summed E-state index contributed by atoms with van der Waals surface area (Å²) in [6.45, 7) is 1.28. The largest absolute Gasteiger partial charge is 0.326 e. The first kappa shape index (κ1) is 11.1. The molecular formula is C14H15N3O2. The third kappa shape index (κ3) is 1.37. The van der Waals surface area contributed by atoms with Crippen molar-refractivity contribution < 1.29 is 9.59 Å². The zero-order chi connectivity index (χ0) is 13.1. The Balaban J connectivity index is 1.58. The van der Waals surface area contributed by atoms with Gasteiger partial charge in [-0.15, -0.1) is 0 Å². The molecule has 5 heteroatoms. The van der Waals surface area contributed by atoms with Gasteiger partial charge in [-0.2, -0.15) is 0 Å². The molecule has 2 N–H and O–H groups in total. The van der Waals surface area contributed by atoms with E-state index >= 15 is 0 Å². The second kappa shape index (κ2) is 3.65. The Labute approximate surface area is 111 Å². The van der Waals surface area contributed by atoms with Crippen LogP contribution in [0.1, 0.15) is 27.1 Å². The molecule has 19 heavy (non-hydrogen) atoms. The van der Waals surface area contributed by atoms with E-state index in [-0.39, 0.29) is 17.9 Å². The normalized spacial score (nSPS) is 32.7. The summed E-state index contributed by atoms with van der Waals surface area (Å²) >= 11 is 0. The Morgan fingerprint density at radius 3 is 2.26 bits per heavy atom.